The summed E-state index contributed by atoms with van der Waals surface area (Å²) in [5.41, 5.74) is 2.88. The predicted octanol–water partition coefficient (Wildman–Crippen LogP) is 2.45. The molecule has 2 atom stereocenters. The summed E-state index contributed by atoms with van der Waals surface area (Å²) in [6.07, 6.45) is 8.19. The lowest BCUT2D eigenvalue weighted by Gasteiger charge is -2.39. The Morgan fingerprint density at radius 3 is 3.03 bits per heavy atom. The SMILES string of the molecule is Cc1nc2ccccn2c1CN1CCOC2(COC(C(=O)NC3CCCCC3)C2)C1. The van der Waals surface area contributed by atoms with Crippen LogP contribution in [0.25, 0.3) is 5.65 Å². The molecule has 1 amide bonds. The first-order chi connectivity index (χ1) is 14.6. The van der Waals surface area contributed by atoms with Crippen molar-refractivity contribution in [3.8, 4) is 0 Å². The first-order valence-electron chi connectivity index (χ1n) is 11.3. The van der Waals surface area contributed by atoms with Crippen molar-refractivity contribution in [2.45, 2.75) is 69.7 Å². The minimum Gasteiger partial charge on any atom is -0.370 e. The van der Waals surface area contributed by atoms with Crippen LogP contribution in [0.2, 0.25) is 0 Å². The highest BCUT2D eigenvalue weighted by molar-refractivity contribution is 5.81. The van der Waals surface area contributed by atoms with Crippen LogP contribution < -0.4 is 5.32 Å². The fraction of sp³-hybridized carbons (Fsp3) is 0.652. The van der Waals surface area contributed by atoms with Gasteiger partial charge in [0, 0.05) is 38.3 Å². The normalized spacial score (nSPS) is 28.4. The monoisotopic (exact) mass is 412 g/mol. The van der Waals surface area contributed by atoms with Gasteiger partial charge in [-0.25, -0.2) is 4.98 Å². The van der Waals surface area contributed by atoms with E-state index < -0.39 is 6.10 Å². The van der Waals surface area contributed by atoms with Crippen molar-refractivity contribution in [1.29, 1.82) is 0 Å². The number of carbonyl (C=O) groups excluding carboxylic acids is 1. The Morgan fingerprint density at radius 2 is 2.17 bits per heavy atom. The zero-order valence-corrected chi connectivity index (χ0v) is 17.8. The molecule has 3 fully saturated rings. The highest BCUT2D eigenvalue weighted by Crippen LogP contribution is 2.32. The molecular weight excluding hydrogens is 380 g/mol. The van der Waals surface area contributed by atoms with E-state index in [0.29, 0.717) is 25.7 Å². The van der Waals surface area contributed by atoms with E-state index in [1.807, 2.05) is 18.2 Å². The molecule has 2 saturated heterocycles. The van der Waals surface area contributed by atoms with E-state index in [-0.39, 0.29) is 11.5 Å². The summed E-state index contributed by atoms with van der Waals surface area (Å²) >= 11 is 0. The second kappa shape index (κ2) is 8.29. The number of hydrogen-bond donors (Lipinski definition) is 1. The van der Waals surface area contributed by atoms with Gasteiger partial charge in [0.15, 0.2) is 0 Å². The average molecular weight is 413 g/mol. The molecule has 3 aliphatic rings. The molecule has 7 nitrogen and oxygen atoms in total. The van der Waals surface area contributed by atoms with Crippen LogP contribution in [0.5, 0.6) is 0 Å². The first kappa shape index (κ1) is 20.0. The molecule has 1 spiro atoms. The zero-order chi connectivity index (χ0) is 20.6. The van der Waals surface area contributed by atoms with Crippen LogP contribution in [0.15, 0.2) is 24.4 Å². The van der Waals surface area contributed by atoms with Gasteiger partial charge in [0.1, 0.15) is 17.4 Å². The van der Waals surface area contributed by atoms with Gasteiger partial charge in [0.05, 0.1) is 24.6 Å². The smallest absolute Gasteiger partial charge is 0.249 e. The Bertz CT molecular complexity index is 907. The second-order valence-electron chi connectivity index (χ2n) is 9.16. The predicted molar refractivity (Wildman–Crippen MR) is 113 cm³/mol. The van der Waals surface area contributed by atoms with Crippen molar-refractivity contribution in [1.82, 2.24) is 19.6 Å². The number of aryl methyl sites for hydroxylation is 1. The summed E-state index contributed by atoms with van der Waals surface area (Å²) in [4.78, 5) is 19.9. The van der Waals surface area contributed by atoms with E-state index in [1.54, 1.807) is 0 Å². The fourth-order valence-corrected chi connectivity index (χ4v) is 5.25. The van der Waals surface area contributed by atoms with Crippen molar-refractivity contribution in [2.75, 3.05) is 26.3 Å². The Labute approximate surface area is 177 Å². The largest absolute Gasteiger partial charge is 0.370 e. The van der Waals surface area contributed by atoms with E-state index in [2.05, 4.69) is 32.7 Å². The van der Waals surface area contributed by atoms with E-state index in [9.17, 15) is 4.79 Å². The molecule has 4 heterocycles. The molecule has 2 aromatic heterocycles. The van der Waals surface area contributed by atoms with Crippen LogP contribution in [0.3, 0.4) is 0 Å². The number of nitrogens with one attached hydrogen (secondary N) is 1. The minimum absolute atomic E-state index is 0.0390. The van der Waals surface area contributed by atoms with Gasteiger partial charge in [-0.3, -0.25) is 9.69 Å². The summed E-state index contributed by atoms with van der Waals surface area (Å²) in [6.45, 7) is 5.69. The molecular formula is C23H32N4O3. The molecule has 0 aromatic carbocycles. The molecule has 2 unspecified atom stereocenters. The van der Waals surface area contributed by atoms with Crippen LogP contribution in [0.1, 0.15) is 49.9 Å². The molecule has 0 bridgehead atoms. The third-order valence-electron chi connectivity index (χ3n) is 6.88. The number of carbonyl (C=O) groups is 1. The lowest BCUT2D eigenvalue weighted by atomic mass is 9.94. The maximum atomic E-state index is 12.8. The fourth-order valence-electron chi connectivity index (χ4n) is 5.25. The van der Waals surface area contributed by atoms with Gasteiger partial charge in [-0.05, 0) is 31.9 Å². The number of fused-ring (bicyclic) bond motifs is 1. The summed E-state index contributed by atoms with van der Waals surface area (Å²) in [7, 11) is 0. The molecule has 162 valence electrons. The quantitative estimate of drug-likeness (QED) is 0.836. The average Bonchev–Trinajstić information content (AvgIpc) is 3.30. The summed E-state index contributed by atoms with van der Waals surface area (Å²) < 4.78 is 14.3. The van der Waals surface area contributed by atoms with Crippen LogP contribution in [-0.2, 0) is 20.8 Å². The number of aromatic nitrogens is 2. The Balaban J connectivity index is 1.23. The minimum atomic E-state index is -0.399. The number of imidazole rings is 1. The van der Waals surface area contributed by atoms with Gasteiger partial charge in [-0.2, -0.15) is 0 Å². The highest BCUT2D eigenvalue weighted by Gasteiger charge is 2.47. The number of amides is 1. The van der Waals surface area contributed by atoms with E-state index in [4.69, 9.17) is 9.47 Å². The third kappa shape index (κ3) is 3.98. The summed E-state index contributed by atoms with van der Waals surface area (Å²) in [5.74, 6) is 0.0390. The van der Waals surface area contributed by atoms with Crippen molar-refractivity contribution < 1.29 is 14.3 Å². The number of pyridine rings is 1. The van der Waals surface area contributed by atoms with E-state index in [1.165, 1.54) is 25.0 Å². The number of hydrogen-bond acceptors (Lipinski definition) is 5. The van der Waals surface area contributed by atoms with Gasteiger partial charge >= 0.3 is 0 Å². The molecule has 1 N–H and O–H groups in total. The van der Waals surface area contributed by atoms with Crippen molar-refractivity contribution in [2.24, 2.45) is 0 Å². The van der Waals surface area contributed by atoms with Crippen LogP contribution in [0.4, 0.5) is 0 Å². The molecule has 30 heavy (non-hydrogen) atoms. The van der Waals surface area contributed by atoms with Gasteiger partial charge in [0.2, 0.25) is 5.91 Å². The molecule has 7 heteroatoms. The molecule has 2 aliphatic heterocycles. The Hall–Kier alpha value is -1.96. The molecule has 2 aromatic rings. The zero-order valence-electron chi connectivity index (χ0n) is 17.8. The molecule has 1 saturated carbocycles. The lowest BCUT2D eigenvalue weighted by Crippen LogP contribution is -2.52. The molecule has 1 aliphatic carbocycles. The number of ether oxygens (including phenoxy) is 2. The van der Waals surface area contributed by atoms with Crippen LogP contribution >= 0.6 is 0 Å². The highest BCUT2D eigenvalue weighted by atomic mass is 16.6. The summed E-state index contributed by atoms with van der Waals surface area (Å²) in [6, 6.07) is 6.41. The van der Waals surface area contributed by atoms with Crippen molar-refractivity contribution in [3.63, 3.8) is 0 Å². The summed E-state index contributed by atoms with van der Waals surface area (Å²) in [5, 5.41) is 3.21. The van der Waals surface area contributed by atoms with Crippen LogP contribution in [0, 0.1) is 6.92 Å². The third-order valence-corrected chi connectivity index (χ3v) is 6.88. The maximum Gasteiger partial charge on any atom is 0.249 e. The van der Waals surface area contributed by atoms with E-state index >= 15 is 0 Å². The van der Waals surface area contributed by atoms with Crippen molar-refractivity contribution in [3.05, 3.63) is 35.8 Å². The first-order valence-corrected chi connectivity index (χ1v) is 11.3. The van der Waals surface area contributed by atoms with Gasteiger partial charge in [-0.1, -0.05) is 25.3 Å². The number of rotatable bonds is 4. The van der Waals surface area contributed by atoms with Gasteiger partial charge < -0.3 is 19.2 Å². The molecule has 5 rings (SSSR count). The Morgan fingerprint density at radius 1 is 1.30 bits per heavy atom. The maximum absolute atomic E-state index is 12.8. The topological polar surface area (TPSA) is 68.1 Å². The van der Waals surface area contributed by atoms with Gasteiger partial charge in [-0.15, -0.1) is 0 Å². The second-order valence-corrected chi connectivity index (χ2v) is 9.16. The lowest BCUT2D eigenvalue weighted by molar-refractivity contribution is -0.131. The van der Waals surface area contributed by atoms with Crippen LogP contribution in [-0.4, -0.2) is 64.2 Å². The van der Waals surface area contributed by atoms with E-state index in [0.717, 1.165) is 43.8 Å². The Kier molecular flexibility index (Phi) is 5.52. The van der Waals surface area contributed by atoms with Gasteiger partial charge in [0.25, 0.3) is 0 Å². The standard InChI is InChI=1S/C23H32N4O3/c1-17-19(27-10-6-5-9-21(27)24-17)14-26-11-12-30-23(15-26)13-20(29-16-23)22(28)25-18-7-3-2-4-8-18/h5-6,9-10,18,20H,2-4,7-8,11-16H2,1H3,(H,25,28). The number of nitrogens with zero attached hydrogens (tertiary/aromatic N) is 3. The van der Waals surface area contributed by atoms with Crippen molar-refractivity contribution >= 4 is 11.6 Å². The number of morpholine rings is 1. The molecule has 0 radical (unpaired) electrons.